The van der Waals surface area contributed by atoms with Gasteiger partial charge in [-0.2, -0.15) is 0 Å². The van der Waals surface area contributed by atoms with Crippen molar-refractivity contribution in [1.29, 1.82) is 0 Å². The quantitative estimate of drug-likeness (QED) is 0.268. The highest BCUT2D eigenvalue weighted by Gasteiger charge is 2.06. The molecule has 2 aromatic rings. The number of aliphatic imine (C=N–C) groups is 1. The first-order chi connectivity index (χ1) is 12.2. The highest BCUT2D eigenvalue weighted by molar-refractivity contribution is 14.0. The molecule has 26 heavy (non-hydrogen) atoms. The maximum Gasteiger partial charge on any atom is 0.193 e. The average molecular weight is 468 g/mol. The zero-order valence-electron chi connectivity index (χ0n) is 15.7. The molecule has 0 radical (unpaired) electrons. The second-order valence-electron chi connectivity index (χ2n) is 5.82. The van der Waals surface area contributed by atoms with E-state index in [1.165, 1.54) is 5.56 Å². The van der Waals surface area contributed by atoms with Crippen LogP contribution in [0.25, 0.3) is 0 Å². The molecule has 0 aliphatic carbocycles. The summed E-state index contributed by atoms with van der Waals surface area (Å²) in [7, 11) is 5.54. The van der Waals surface area contributed by atoms with E-state index >= 15 is 0 Å². The summed E-state index contributed by atoms with van der Waals surface area (Å²) < 4.78 is 5.20. The summed E-state index contributed by atoms with van der Waals surface area (Å²) in [5.74, 6) is 1.77. The number of rotatable bonds is 8. The third kappa shape index (κ3) is 7.51. The highest BCUT2D eigenvalue weighted by atomic mass is 127. The van der Waals surface area contributed by atoms with Crippen molar-refractivity contribution in [2.75, 3.05) is 39.6 Å². The molecule has 2 rings (SSSR count). The summed E-state index contributed by atoms with van der Waals surface area (Å²) in [5, 5.41) is 6.82. The number of hydrogen-bond donors (Lipinski definition) is 2. The molecule has 0 spiro atoms. The van der Waals surface area contributed by atoms with Gasteiger partial charge in [0.2, 0.25) is 0 Å². The summed E-state index contributed by atoms with van der Waals surface area (Å²) >= 11 is 0. The van der Waals surface area contributed by atoms with Gasteiger partial charge >= 0.3 is 0 Å². The van der Waals surface area contributed by atoms with Gasteiger partial charge in [-0.1, -0.05) is 30.3 Å². The Morgan fingerprint density at radius 2 is 1.73 bits per heavy atom. The lowest BCUT2D eigenvalue weighted by Gasteiger charge is -2.22. The normalized spacial score (nSPS) is 10.7. The highest BCUT2D eigenvalue weighted by Crippen LogP contribution is 2.12. The van der Waals surface area contributed by atoms with Gasteiger partial charge in [0.25, 0.3) is 0 Å². The monoisotopic (exact) mass is 468 g/mol. The molecule has 0 unspecified atom stereocenters. The van der Waals surface area contributed by atoms with Gasteiger partial charge in [0.05, 0.1) is 7.11 Å². The predicted octanol–water partition coefficient (Wildman–Crippen LogP) is 3.82. The van der Waals surface area contributed by atoms with Crippen molar-refractivity contribution in [1.82, 2.24) is 10.2 Å². The molecule has 142 valence electrons. The summed E-state index contributed by atoms with van der Waals surface area (Å²) in [4.78, 5) is 6.48. The Labute approximate surface area is 173 Å². The molecule has 0 heterocycles. The number of nitrogens with zero attached hydrogens (tertiary/aromatic N) is 2. The largest absolute Gasteiger partial charge is 0.497 e. The molecule has 2 N–H and O–H groups in total. The van der Waals surface area contributed by atoms with Gasteiger partial charge in [0.15, 0.2) is 5.96 Å². The van der Waals surface area contributed by atoms with Crippen molar-refractivity contribution in [3.05, 3.63) is 60.2 Å². The molecule has 0 saturated carbocycles. The van der Waals surface area contributed by atoms with Gasteiger partial charge in [-0.25, -0.2) is 0 Å². The van der Waals surface area contributed by atoms with Crippen LogP contribution in [0.1, 0.15) is 12.0 Å². The summed E-state index contributed by atoms with van der Waals surface area (Å²) in [6, 6.07) is 18.4. The minimum absolute atomic E-state index is 0. The smallest absolute Gasteiger partial charge is 0.193 e. The van der Waals surface area contributed by atoms with Crippen LogP contribution in [0.3, 0.4) is 0 Å². The standard InChI is InChI=1S/C20H28N4O.HI/c1-21-20(23-15-7-14-22-18-8-5-4-6-9-18)24(2)16-17-10-12-19(25-3)13-11-17;/h4-6,8-13,22H,7,14-16H2,1-3H3,(H,21,23);1H. The van der Waals surface area contributed by atoms with Crippen LogP contribution in [0.4, 0.5) is 5.69 Å². The molecule has 0 fully saturated rings. The number of hydrogen-bond acceptors (Lipinski definition) is 3. The lowest BCUT2D eigenvalue weighted by atomic mass is 10.2. The lowest BCUT2D eigenvalue weighted by molar-refractivity contribution is 0.414. The fourth-order valence-electron chi connectivity index (χ4n) is 2.54. The first kappa shape index (κ1) is 22.1. The van der Waals surface area contributed by atoms with Crippen LogP contribution in [0.2, 0.25) is 0 Å². The second-order valence-corrected chi connectivity index (χ2v) is 5.82. The Hall–Kier alpha value is -1.96. The van der Waals surface area contributed by atoms with E-state index in [0.29, 0.717) is 0 Å². The Kier molecular flexibility index (Phi) is 10.5. The lowest BCUT2D eigenvalue weighted by Crippen LogP contribution is -2.39. The van der Waals surface area contributed by atoms with Gasteiger partial charge in [-0.3, -0.25) is 4.99 Å². The number of benzene rings is 2. The van der Waals surface area contributed by atoms with Crippen molar-refractivity contribution in [3.8, 4) is 5.75 Å². The van der Waals surface area contributed by atoms with Crippen molar-refractivity contribution in [2.45, 2.75) is 13.0 Å². The van der Waals surface area contributed by atoms with Crippen LogP contribution in [0.15, 0.2) is 59.6 Å². The summed E-state index contributed by atoms with van der Waals surface area (Å²) in [6.45, 7) is 2.60. The van der Waals surface area contributed by atoms with E-state index in [-0.39, 0.29) is 24.0 Å². The number of nitrogens with one attached hydrogen (secondary N) is 2. The van der Waals surface area contributed by atoms with E-state index in [4.69, 9.17) is 4.74 Å². The zero-order valence-corrected chi connectivity index (χ0v) is 18.1. The fourth-order valence-corrected chi connectivity index (χ4v) is 2.54. The van der Waals surface area contributed by atoms with Gasteiger partial charge < -0.3 is 20.3 Å². The van der Waals surface area contributed by atoms with Gasteiger partial charge in [-0.15, -0.1) is 24.0 Å². The van der Waals surface area contributed by atoms with Gasteiger partial charge in [0.1, 0.15) is 5.75 Å². The van der Waals surface area contributed by atoms with E-state index in [9.17, 15) is 0 Å². The molecule has 0 saturated heterocycles. The van der Waals surface area contributed by atoms with Crippen molar-refractivity contribution >= 4 is 35.6 Å². The minimum Gasteiger partial charge on any atom is -0.497 e. The molecular formula is C20H29IN4O. The number of para-hydroxylation sites is 1. The van der Waals surface area contributed by atoms with Crippen LogP contribution >= 0.6 is 24.0 Å². The van der Waals surface area contributed by atoms with E-state index in [2.05, 4.69) is 44.8 Å². The van der Waals surface area contributed by atoms with Crippen LogP contribution in [0, 0.1) is 0 Å². The zero-order chi connectivity index (χ0) is 17.9. The molecule has 0 atom stereocenters. The van der Waals surface area contributed by atoms with E-state index in [1.54, 1.807) is 7.11 Å². The predicted molar refractivity (Wildman–Crippen MR) is 121 cm³/mol. The van der Waals surface area contributed by atoms with E-state index < -0.39 is 0 Å². The topological polar surface area (TPSA) is 48.9 Å². The molecular weight excluding hydrogens is 439 g/mol. The molecule has 2 aromatic carbocycles. The van der Waals surface area contributed by atoms with Crippen molar-refractivity contribution in [3.63, 3.8) is 0 Å². The van der Waals surface area contributed by atoms with Crippen LogP contribution in [0.5, 0.6) is 5.75 Å². The average Bonchev–Trinajstić information content (AvgIpc) is 2.66. The van der Waals surface area contributed by atoms with Crippen LogP contribution in [-0.2, 0) is 6.54 Å². The van der Waals surface area contributed by atoms with Crippen molar-refractivity contribution in [2.24, 2.45) is 4.99 Å². The second kappa shape index (κ2) is 12.4. The molecule has 0 bridgehead atoms. The molecule has 6 heteroatoms. The van der Waals surface area contributed by atoms with Gasteiger partial charge in [0, 0.05) is 39.4 Å². The molecule has 0 aromatic heterocycles. The van der Waals surface area contributed by atoms with E-state index in [0.717, 1.165) is 43.5 Å². The Morgan fingerprint density at radius 3 is 2.35 bits per heavy atom. The maximum absolute atomic E-state index is 5.20. The number of anilines is 1. The van der Waals surface area contributed by atoms with Crippen LogP contribution < -0.4 is 15.4 Å². The number of methoxy groups -OCH3 is 1. The summed E-state index contributed by atoms with van der Waals surface area (Å²) in [6.07, 6.45) is 1.02. The summed E-state index contributed by atoms with van der Waals surface area (Å²) in [5.41, 5.74) is 2.38. The first-order valence-corrected chi connectivity index (χ1v) is 8.56. The van der Waals surface area contributed by atoms with Crippen LogP contribution in [-0.4, -0.2) is 45.2 Å². The molecule has 0 aliphatic heterocycles. The number of halogens is 1. The number of guanidine groups is 1. The minimum atomic E-state index is 0. The molecule has 0 aliphatic rings. The molecule has 5 nitrogen and oxygen atoms in total. The Balaban J connectivity index is 0.00000338. The third-order valence-electron chi connectivity index (χ3n) is 3.89. The van der Waals surface area contributed by atoms with Gasteiger partial charge in [-0.05, 0) is 36.2 Å². The third-order valence-corrected chi connectivity index (χ3v) is 3.89. The maximum atomic E-state index is 5.20. The van der Waals surface area contributed by atoms with Crippen molar-refractivity contribution < 1.29 is 4.74 Å². The first-order valence-electron chi connectivity index (χ1n) is 8.56. The fraction of sp³-hybridized carbons (Fsp3) is 0.350. The SMILES string of the molecule is CN=C(NCCCNc1ccccc1)N(C)Cc1ccc(OC)cc1.I. The Bertz CT molecular complexity index is 647. The van der Waals surface area contributed by atoms with E-state index in [1.807, 2.05) is 44.4 Å². The molecule has 0 amide bonds. The Morgan fingerprint density at radius 1 is 1.04 bits per heavy atom. The number of ether oxygens (including phenoxy) is 1.